The van der Waals surface area contributed by atoms with Crippen LogP contribution in [-0.2, 0) is 9.59 Å². The Morgan fingerprint density at radius 2 is 1.85 bits per heavy atom. The van der Waals surface area contributed by atoms with E-state index in [1.165, 1.54) is 38.1 Å². The van der Waals surface area contributed by atoms with Crippen molar-refractivity contribution in [2.45, 2.75) is 11.7 Å². The molecule has 140 valence electrons. The Labute approximate surface area is 160 Å². The summed E-state index contributed by atoms with van der Waals surface area (Å²) >= 11 is 1.24. The van der Waals surface area contributed by atoms with E-state index < -0.39 is 5.25 Å². The maximum atomic E-state index is 12.3. The first-order valence-electron chi connectivity index (χ1n) is 8.10. The predicted octanol–water partition coefficient (Wildman–Crippen LogP) is 2.83. The molecule has 2 N–H and O–H groups in total. The van der Waals surface area contributed by atoms with E-state index in [1.54, 1.807) is 30.3 Å². The Morgan fingerprint density at radius 1 is 1.15 bits per heavy atom. The number of aromatic hydroxyl groups is 1. The van der Waals surface area contributed by atoms with Crippen molar-refractivity contribution in [2.75, 3.05) is 19.5 Å². The molecule has 3 rings (SSSR count). The molecule has 7 nitrogen and oxygen atoms in total. The topological polar surface area (TPSA) is 97.2 Å². The zero-order valence-electron chi connectivity index (χ0n) is 14.8. The molecule has 0 bridgehead atoms. The third-order valence-corrected chi connectivity index (χ3v) is 5.10. The van der Waals surface area contributed by atoms with E-state index in [2.05, 4.69) is 10.3 Å². The van der Waals surface area contributed by atoms with Crippen molar-refractivity contribution in [1.82, 2.24) is 0 Å². The quantitative estimate of drug-likeness (QED) is 0.792. The first-order valence-corrected chi connectivity index (χ1v) is 8.98. The molecule has 1 atom stereocenters. The van der Waals surface area contributed by atoms with Crippen LogP contribution in [0.5, 0.6) is 17.2 Å². The summed E-state index contributed by atoms with van der Waals surface area (Å²) in [6.45, 7) is 0. The minimum atomic E-state index is -0.575. The highest BCUT2D eigenvalue weighted by Gasteiger charge is 2.31. The Bertz CT molecular complexity index is 895. The minimum absolute atomic E-state index is 0.00291. The van der Waals surface area contributed by atoms with Gasteiger partial charge in [0.05, 0.1) is 14.2 Å². The number of amides is 2. The number of benzene rings is 2. The van der Waals surface area contributed by atoms with Crippen LogP contribution in [0.2, 0.25) is 0 Å². The number of aliphatic imine (C=N–C) groups is 1. The van der Waals surface area contributed by atoms with Gasteiger partial charge in [-0.15, -0.1) is 0 Å². The van der Waals surface area contributed by atoms with Gasteiger partial charge in [-0.2, -0.15) is 0 Å². The fourth-order valence-corrected chi connectivity index (χ4v) is 3.62. The largest absolute Gasteiger partial charge is 0.508 e. The van der Waals surface area contributed by atoms with Crippen molar-refractivity contribution in [3.63, 3.8) is 0 Å². The second-order valence-corrected chi connectivity index (χ2v) is 6.92. The number of methoxy groups -OCH3 is 2. The molecule has 1 aliphatic rings. The Hall–Kier alpha value is -3.00. The number of phenols is 1. The van der Waals surface area contributed by atoms with E-state index >= 15 is 0 Å². The number of carbonyl (C=O) groups is 2. The molecule has 0 saturated heterocycles. The lowest BCUT2D eigenvalue weighted by atomic mass is 10.2. The average molecular weight is 386 g/mol. The van der Waals surface area contributed by atoms with Crippen molar-refractivity contribution in [3.05, 3.63) is 48.0 Å². The summed E-state index contributed by atoms with van der Waals surface area (Å²) in [6.07, 6.45) is 0.00291. The lowest BCUT2D eigenvalue weighted by molar-refractivity contribution is -0.121. The molecule has 0 saturated carbocycles. The van der Waals surface area contributed by atoms with E-state index in [4.69, 9.17) is 9.47 Å². The SMILES string of the molecule is COc1ccc(NC(=O)C[C@H]2SC(c3ccc(O)cc3)=NC2=O)cc1OC. The van der Waals surface area contributed by atoms with Gasteiger partial charge in [-0.1, -0.05) is 11.8 Å². The maximum absolute atomic E-state index is 12.3. The van der Waals surface area contributed by atoms with Gasteiger partial charge in [0.1, 0.15) is 16.0 Å². The van der Waals surface area contributed by atoms with Gasteiger partial charge in [-0.05, 0) is 36.4 Å². The number of nitrogens with zero attached hydrogens (tertiary/aromatic N) is 1. The fraction of sp³-hybridized carbons (Fsp3) is 0.211. The zero-order chi connectivity index (χ0) is 19.4. The maximum Gasteiger partial charge on any atom is 0.260 e. The molecule has 8 heteroatoms. The van der Waals surface area contributed by atoms with Gasteiger partial charge in [-0.3, -0.25) is 9.59 Å². The van der Waals surface area contributed by atoms with Gasteiger partial charge in [0, 0.05) is 23.7 Å². The van der Waals surface area contributed by atoms with Crippen molar-refractivity contribution in [2.24, 2.45) is 4.99 Å². The van der Waals surface area contributed by atoms with Gasteiger partial charge in [0.15, 0.2) is 11.5 Å². The summed E-state index contributed by atoms with van der Waals surface area (Å²) in [5.74, 6) is 0.559. The molecule has 0 spiro atoms. The Balaban J connectivity index is 1.62. The van der Waals surface area contributed by atoms with Gasteiger partial charge in [0.25, 0.3) is 5.91 Å². The number of hydrogen-bond donors (Lipinski definition) is 2. The van der Waals surface area contributed by atoms with Gasteiger partial charge >= 0.3 is 0 Å². The number of carbonyl (C=O) groups excluding carboxylic acids is 2. The monoisotopic (exact) mass is 386 g/mol. The third-order valence-electron chi connectivity index (χ3n) is 3.89. The van der Waals surface area contributed by atoms with E-state index in [-0.39, 0.29) is 24.0 Å². The molecule has 0 radical (unpaired) electrons. The van der Waals surface area contributed by atoms with E-state index in [1.807, 2.05) is 0 Å². The highest BCUT2D eigenvalue weighted by atomic mass is 32.2. The Kier molecular flexibility index (Phi) is 5.66. The van der Waals surface area contributed by atoms with Crippen LogP contribution in [0, 0.1) is 0 Å². The van der Waals surface area contributed by atoms with Crippen LogP contribution in [-0.4, -0.2) is 41.4 Å². The molecule has 0 aliphatic carbocycles. The summed E-state index contributed by atoms with van der Waals surface area (Å²) in [4.78, 5) is 28.5. The van der Waals surface area contributed by atoms with Gasteiger partial charge < -0.3 is 19.9 Å². The van der Waals surface area contributed by atoms with Crippen molar-refractivity contribution in [3.8, 4) is 17.2 Å². The minimum Gasteiger partial charge on any atom is -0.508 e. The van der Waals surface area contributed by atoms with E-state index in [0.29, 0.717) is 22.2 Å². The van der Waals surface area contributed by atoms with Crippen molar-refractivity contribution >= 4 is 34.3 Å². The van der Waals surface area contributed by atoms with E-state index in [9.17, 15) is 14.7 Å². The number of phenolic OH excluding ortho intramolecular Hbond substituents is 1. The smallest absolute Gasteiger partial charge is 0.260 e. The standard InChI is InChI=1S/C19H18N2O5S/c1-25-14-8-5-12(9-15(14)26-2)20-17(23)10-16-18(24)21-19(27-16)11-3-6-13(22)7-4-11/h3-9,16,22H,10H2,1-2H3,(H,20,23)/t16-/m1/s1. The molecule has 0 fully saturated rings. The fourth-order valence-electron chi connectivity index (χ4n) is 2.54. The number of ether oxygens (including phenoxy) is 2. The zero-order valence-corrected chi connectivity index (χ0v) is 15.6. The number of nitrogens with one attached hydrogen (secondary N) is 1. The third kappa shape index (κ3) is 4.40. The summed E-state index contributed by atoms with van der Waals surface area (Å²) in [7, 11) is 3.05. The molecule has 0 aromatic heterocycles. The highest BCUT2D eigenvalue weighted by Crippen LogP contribution is 2.32. The normalized spacial score (nSPS) is 16.0. The van der Waals surface area contributed by atoms with Crippen LogP contribution in [0.3, 0.4) is 0 Å². The first-order chi connectivity index (χ1) is 13.0. The number of hydrogen-bond acceptors (Lipinski definition) is 6. The predicted molar refractivity (Wildman–Crippen MR) is 104 cm³/mol. The molecular formula is C19H18N2O5S. The molecule has 2 amide bonds. The molecule has 2 aromatic rings. The van der Waals surface area contributed by atoms with Crippen LogP contribution in [0.4, 0.5) is 5.69 Å². The van der Waals surface area contributed by atoms with Crippen molar-refractivity contribution < 1.29 is 24.2 Å². The first kappa shape index (κ1) is 18.8. The number of rotatable bonds is 6. The van der Waals surface area contributed by atoms with Crippen LogP contribution < -0.4 is 14.8 Å². The van der Waals surface area contributed by atoms with Crippen molar-refractivity contribution in [1.29, 1.82) is 0 Å². The van der Waals surface area contributed by atoms with Crippen LogP contribution in [0.1, 0.15) is 12.0 Å². The van der Waals surface area contributed by atoms with Crippen LogP contribution >= 0.6 is 11.8 Å². The molecule has 2 aromatic carbocycles. The summed E-state index contributed by atoms with van der Waals surface area (Å²) in [5, 5.41) is 12.1. The lowest BCUT2D eigenvalue weighted by Gasteiger charge is -2.11. The van der Waals surface area contributed by atoms with E-state index in [0.717, 1.165) is 5.56 Å². The average Bonchev–Trinajstić information content (AvgIpc) is 3.02. The van der Waals surface area contributed by atoms with Gasteiger partial charge in [-0.25, -0.2) is 4.99 Å². The molecular weight excluding hydrogens is 368 g/mol. The highest BCUT2D eigenvalue weighted by molar-refractivity contribution is 8.16. The summed E-state index contributed by atoms with van der Waals surface area (Å²) in [6, 6.07) is 11.5. The van der Waals surface area contributed by atoms with Gasteiger partial charge in [0.2, 0.25) is 5.91 Å². The molecule has 1 heterocycles. The molecule has 1 aliphatic heterocycles. The summed E-state index contributed by atoms with van der Waals surface area (Å²) < 4.78 is 10.4. The molecule has 0 unspecified atom stereocenters. The van der Waals surface area contributed by atoms with Crippen LogP contribution in [0.15, 0.2) is 47.5 Å². The number of thioether (sulfide) groups is 1. The number of anilines is 1. The second-order valence-electron chi connectivity index (χ2n) is 5.73. The molecule has 27 heavy (non-hydrogen) atoms. The Morgan fingerprint density at radius 3 is 2.52 bits per heavy atom. The summed E-state index contributed by atoms with van der Waals surface area (Å²) in [5.41, 5.74) is 1.28. The second kappa shape index (κ2) is 8.13. The van der Waals surface area contributed by atoms with Crippen LogP contribution in [0.25, 0.3) is 0 Å². The lowest BCUT2D eigenvalue weighted by Crippen LogP contribution is -2.21.